The van der Waals surface area contributed by atoms with Crippen LogP contribution in [0.5, 0.6) is 0 Å². The molecule has 17 heavy (non-hydrogen) atoms. The summed E-state index contributed by atoms with van der Waals surface area (Å²) in [5.74, 6) is 1.09. The van der Waals surface area contributed by atoms with Crippen molar-refractivity contribution >= 4 is 11.1 Å². The molecule has 2 N–H and O–H groups in total. The summed E-state index contributed by atoms with van der Waals surface area (Å²) in [4.78, 5) is 4.53. The van der Waals surface area contributed by atoms with Crippen LogP contribution in [-0.4, -0.2) is 4.98 Å². The summed E-state index contributed by atoms with van der Waals surface area (Å²) in [5.41, 5.74) is 9.74. The molecule has 2 aromatic rings. The van der Waals surface area contributed by atoms with Gasteiger partial charge in [-0.25, -0.2) is 4.98 Å². The lowest BCUT2D eigenvalue weighted by atomic mass is 9.94. The Bertz CT molecular complexity index is 547. The van der Waals surface area contributed by atoms with E-state index in [2.05, 4.69) is 24.9 Å². The van der Waals surface area contributed by atoms with Crippen LogP contribution in [0.3, 0.4) is 0 Å². The Balaban J connectivity index is 2.65. The molecule has 0 amide bonds. The summed E-state index contributed by atoms with van der Waals surface area (Å²) in [5, 5.41) is 0. The molecule has 0 saturated heterocycles. The maximum Gasteiger partial charge on any atom is 0.198 e. The fourth-order valence-corrected chi connectivity index (χ4v) is 1.84. The average molecular weight is 232 g/mol. The molecule has 0 radical (unpaired) electrons. The molecule has 0 saturated carbocycles. The number of nitrogens with zero attached hydrogens (tertiary/aromatic N) is 1. The minimum Gasteiger partial charge on any atom is -0.440 e. The lowest BCUT2D eigenvalue weighted by Crippen LogP contribution is -2.28. The number of oxazole rings is 1. The van der Waals surface area contributed by atoms with Crippen molar-refractivity contribution in [3.05, 3.63) is 29.2 Å². The smallest absolute Gasteiger partial charge is 0.198 e. The number of fused-ring (bicyclic) bond motifs is 1. The van der Waals surface area contributed by atoms with E-state index in [1.807, 2.05) is 26.8 Å². The molecule has 0 aliphatic heterocycles. The lowest BCUT2D eigenvalue weighted by Gasteiger charge is -2.19. The van der Waals surface area contributed by atoms with Crippen LogP contribution in [0.4, 0.5) is 0 Å². The first-order valence-corrected chi connectivity index (χ1v) is 5.99. The number of aryl methyl sites for hydroxylation is 1. The summed E-state index contributed by atoms with van der Waals surface area (Å²) in [6.07, 6.45) is 0. The molecule has 0 spiro atoms. The van der Waals surface area contributed by atoms with Crippen molar-refractivity contribution in [1.82, 2.24) is 4.98 Å². The Morgan fingerprint density at radius 2 is 1.94 bits per heavy atom. The minimum atomic E-state index is -0.351. The van der Waals surface area contributed by atoms with Crippen molar-refractivity contribution in [2.24, 2.45) is 5.73 Å². The van der Waals surface area contributed by atoms with E-state index in [4.69, 9.17) is 10.2 Å². The summed E-state index contributed by atoms with van der Waals surface area (Å²) in [6, 6.07) is 4.11. The van der Waals surface area contributed by atoms with Gasteiger partial charge in [0, 0.05) is 11.5 Å². The molecule has 0 bridgehead atoms. The van der Waals surface area contributed by atoms with E-state index in [1.54, 1.807) is 0 Å². The van der Waals surface area contributed by atoms with E-state index in [1.165, 1.54) is 0 Å². The highest BCUT2D eigenvalue weighted by molar-refractivity contribution is 5.77. The highest BCUT2D eigenvalue weighted by Gasteiger charge is 2.18. The topological polar surface area (TPSA) is 52.0 Å². The van der Waals surface area contributed by atoms with Crippen LogP contribution in [0.2, 0.25) is 0 Å². The second-order valence-electron chi connectivity index (χ2n) is 5.57. The summed E-state index contributed by atoms with van der Waals surface area (Å²) in [7, 11) is 0. The van der Waals surface area contributed by atoms with Gasteiger partial charge < -0.3 is 10.2 Å². The molecule has 0 atom stereocenters. The third kappa shape index (κ3) is 2.20. The van der Waals surface area contributed by atoms with E-state index in [9.17, 15) is 0 Å². The molecule has 0 aliphatic rings. The largest absolute Gasteiger partial charge is 0.440 e. The van der Waals surface area contributed by atoms with Crippen LogP contribution in [0, 0.1) is 6.92 Å². The molecule has 0 aliphatic carbocycles. The Morgan fingerprint density at radius 1 is 1.29 bits per heavy atom. The van der Waals surface area contributed by atoms with Crippen molar-refractivity contribution in [1.29, 1.82) is 0 Å². The zero-order chi connectivity index (χ0) is 12.8. The average Bonchev–Trinajstić information content (AvgIpc) is 2.60. The number of aromatic nitrogens is 1. The molecule has 0 unspecified atom stereocenters. The number of hydrogen-bond donors (Lipinski definition) is 1. The third-order valence-electron chi connectivity index (χ3n) is 2.93. The second kappa shape index (κ2) is 3.84. The zero-order valence-electron chi connectivity index (χ0n) is 11.2. The van der Waals surface area contributed by atoms with Crippen LogP contribution in [0.1, 0.15) is 50.6 Å². The number of benzene rings is 1. The number of rotatable bonds is 2. The van der Waals surface area contributed by atoms with E-state index in [0.29, 0.717) is 5.92 Å². The molecular weight excluding hydrogens is 212 g/mol. The molecule has 1 aromatic heterocycles. The highest BCUT2D eigenvalue weighted by atomic mass is 16.3. The van der Waals surface area contributed by atoms with Gasteiger partial charge in [0.2, 0.25) is 0 Å². The molecule has 0 fully saturated rings. The van der Waals surface area contributed by atoms with E-state index in [0.717, 1.165) is 28.1 Å². The van der Waals surface area contributed by atoms with Gasteiger partial charge in [-0.2, -0.15) is 0 Å². The third-order valence-corrected chi connectivity index (χ3v) is 2.93. The SMILES string of the molecule is Cc1cc(C(C)(C)N)cc2nc(C(C)C)oc12. The van der Waals surface area contributed by atoms with Crippen molar-refractivity contribution < 1.29 is 4.42 Å². The fourth-order valence-electron chi connectivity index (χ4n) is 1.84. The van der Waals surface area contributed by atoms with E-state index >= 15 is 0 Å². The Morgan fingerprint density at radius 3 is 2.47 bits per heavy atom. The van der Waals surface area contributed by atoms with Gasteiger partial charge in [-0.15, -0.1) is 0 Å². The van der Waals surface area contributed by atoms with Crippen LogP contribution < -0.4 is 5.73 Å². The van der Waals surface area contributed by atoms with Gasteiger partial charge in [-0.3, -0.25) is 0 Å². The Hall–Kier alpha value is -1.35. The highest BCUT2D eigenvalue weighted by Crippen LogP contribution is 2.28. The number of hydrogen-bond acceptors (Lipinski definition) is 3. The first kappa shape index (κ1) is 12.1. The molecule has 3 nitrogen and oxygen atoms in total. The molecule has 92 valence electrons. The van der Waals surface area contributed by atoms with Crippen molar-refractivity contribution in [2.45, 2.75) is 46.1 Å². The second-order valence-corrected chi connectivity index (χ2v) is 5.57. The molecule has 1 aromatic carbocycles. The molecule has 3 heteroatoms. The summed E-state index contributed by atoms with van der Waals surface area (Å²) >= 11 is 0. The maximum absolute atomic E-state index is 6.12. The predicted octanol–water partition coefficient (Wildman–Crippen LogP) is 3.45. The predicted molar refractivity (Wildman–Crippen MR) is 70.0 cm³/mol. The first-order valence-electron chi connectivity index (χ1n) is 5.99. The number of nitrogens with two attached hydrogens (primary N) is 1. The van der Waals surface area contributed by atoms with Gasteiger partial charge in [0.15, 0.2) is 11.5 Å². The van der Waals surface area contributed by atoms with Crippen molar-refractivity contribution in [3.8, 4) is 0 Å². The van der Waals surface area contributed by atoms with Gasteiger partial charge >= 0.3 is 0 Å². The summed E-state index contributed by atoms with van der Waals surface area (Å²) in [6.45, 7) is 10.2. The maximum atomic E-state index is 6.12. The van der Waals surface area contributed by atoms with Crippen molar-refractivity contribution in [2.75, 3.05) is 0 Å². The van der Waals surface area contributed by atoms with Gasteiger partial charge in [0.05, 0.1) is 0 Å². The first-order chi connectivity index (χ1) is 7.79. The monoisotopic (exact) mass is 232 g/mol. The Kier molecular flexibility index (Phi) is 2.74. The Labute approximate surface area is 102 Å². The van der Waals surface area contributed by atoms with Crippen molar-refractivity contribution in [3.63, 3.8) is 0 Å². The van der Waals surface area contributed by atoms with E-state index in [-0.39, 0.29) is 5.54 Å². The standard InChI is InChI=1S/C14H20N2O/c1-8(2)13-16-11-7-10(14(4,5)15)6-9(3)12(11)17-13/h6-8H,15H2,1-5H3. The van der Waals surface area contributed by atoms with Gasteiger partial charge in [0.1, 0.15) is 5.52 Å². The van der Waals surface area contributed by atoms with Crippen LogP contribution in [0.15, 0.2) is 16.5 Å². The molecule has 2 rings (SSSR count). The molecule has 1 heterocycles. The van der Waals surface area contributed by atoms with Gasteiger partial charge in [0.25, 0.3) is 0 Å². The fraction of sp³-hybridized carbons (Fsp3) is 0.500. The zero-order valence-corrected chi connectivity index (χ0v) is 11.2. The summed E-state index contributed by atoms with van der Waals surface area (Å²) < 4.78 is 5.78. The normalized spacial score (nSPS) is 12.6. The van der Waals surface area contributed by atoms with Crippen LogP contribution >= 0.6 is 0 Å². The molecular formula is C14H20N2O. The van der Waals surface area contributed by atoms with E-state index < -0.39 is 0 Å². The van der Waals surface area contributed by atoms with Crippen LogP contribution in [-0.2, 0) is 5.54 Å². The quantitative estimate of drug-likeness (QED) is 0.862. The van der Waals surface area contributed by atoms with Gasteiger partial charge in [-0.05, 0) is 38.0 Å². The lowest BCUT2D eigenvalue weighted by molar-refractivity contribution is 0.500. The van der Waals surface area contributed by atoms with Gasteiger partial charge in [-0.1, -0.05) is 19.9 Å². The minimum absolute atomic E-state index is 0.302. The van der Waals surface area contributed by atoms with Crippen LogP contribution in [0.25, 0.3) is 11.1 Å².